The second-order valence-electron chi connectivity index (χ2n) is 1.06. The fourth-order valence-corrected chi connectivity index (χ4v) is 0.542. The van der Waals surface area contributed by atoms with Crippen LogP contribution in [0.5, 0.6) is 0 Å². The van der Waals surface area contributed by atoms with E-state index in [0.29, 0.717) is 4.83 Å². The number of rotatable bonds is 3. The van der Waals surface area contributed by atoms with Gasteiger partial charge in [-0.05, 0) is 6.92 Å². The van der Waals surface area contributed by atoms with E-state index >= 15 is 0 Å². The molecule has 0 atom stereocenters. The first kappa shape index (κ1) is 8.60. The molecule has 0 heterocycles. The Kier molecular flexibility index (Phi) is 4.28. The molecule has 0 aromatic heterocycles. The minimum atomic E-state index is -2.42. The maximum absolute atomic E-state index is 8.34. The Hall–Kier alpha value is -0.400. The van der Waals surface area contributed by atoms with Crippen LogP contribution in [0.2, 0.25) is 0 Å². The van der Waals surface area contributed by atoms with Gasteiger partial charge < -0.3 is 9.79 Å². The van der Waals surface area contributed by atoms with Gasteiger partial charge in [0.1, 0.15) is 0 Å². The van der Waals surface area contributed by atoms with Gasteiger partial charge in [-0.1, -0.05) is 0 Å². The van der Waals surface area contributed by atoms with Crippen LogP contribution in [0.3, 0.4) is 0 Å². The van der Waals surface area contributed by atoms with Crippen LogP contribution in [0.1, 0.15) is 6.92 Å². The van der Waals surface area contributed by atoms with Crippen molar-refractivity contribution in [2.24, 2.45) is 0 Å². The van der Waals surface area contributed by atoms with E-state index in [4.69, 9.17) is 15.0 Å². The fourth-order valence-electron chi connectivity index (χ4n) is 0.243. The summed E-state index contributed by atoms with van der Waals surface area (Å²) in [5, 5.41) is 8.07. The topological polar surface area (TPSA) is 76.7 Å². The highest BCUT2D eigenvalue weighted by atomic mass is 31.2. The first-order valence-electron chi connectivity index (χ1n) is 2.23. The third-order valence-electron chi connectivity index (χ3n) is 0.499. The largest absolute Gasteiger partial charge is 0.331 e. The van der Waals surface area contributed by atoms with E-state index in [0.717, 1.165) is 0 Å². The van der Waals surface area contributed by atoms with Gasteiger partial charge in [0, 0.05) is 0 Å². The Morgan fingerprint density at radius 3 is 2.44 bits per heavy atom. The summed E-state index contributed by atoms with van der Waals surface area (Å²) < 4.78 is 0. The Morgan fingerprint density at radius 1 is 1.78 bits per heavy atom. The van der Waals surface area contributed by atoms with E-state index in [1.807, 2.05) is 0 Å². The van der Waals surface area contributed by atoms with E-state index in [-0.39, 0.29) is 6.61 Å². The van der Waals surface area contributed by atoms with Gasteiger partial charge in [-0.25, -0.2) is 0 Å². The molecule has 0 saturated carbocycles. The minimum absolute atomic E-state index is 0.244. The van der Waals surface area contributed by atoms with Gasteiger partial charge >= 0.3 is 8.53 Å². The summed E-state index contributed by atoms with van der Waals surface area (Å²) in [6.45, 7) is 1.89. The second-order valence-corrected chi connectivity index (χ2v) is 1.96. The van der Waals surface area contributed by atoms with Crippen LogP contribution in [-0.4, -0.2) is 21.2 Å². The molecule has 0 bridgehead atoms. The van der Waals surface area contributed by atoms with Crippen molar-refractivity contribution < 1.29 is 14.6 Å². The summed E-state index contributed by atoms with van der Waals surface area (Å²) in [5.41, 5.74) is 0. The summed E-state index contributed by atoms with van der Waals surface area (Å²) >= 11 is 0. The average molecular weight is 150 g/mol. The standard InChI is InChI=1S/C3H7N2O3P/c1-2-8-5(3-4)9(6)7/h6-7H,2H2,1H3. The molecular formula is C3H7N2O3P. The predicted molar refractivity (Wildman–Crippen MR) is 30.4 cm³/mol. The van der Waals surface area contributed by atoms with Crippen molar-refractivity contribution >= 4 is 8.53 Å². The van der Waals surface area contributed by atoms with Crippen LogP contribution in [-0.2, 0) is 4.84 Å². The summed E-state index contributed by atoms with van der Waals surface area (Å²) in [6, 6.07) is 0. The van der Waals surface area contributed by atoms with Crippen molar-refractivity contribution in [1.82, 2.24) is 4.83 Å². The molecule has 0 aliphatic carbocycles. The van der Waals surface area contributed by atoms with Crippen LogP contribution in [0.4, 0.5) is 0 Å². The monoisotopic (exact) mass is 150 g/mol. The third-order valence-corrected chi connectivity index (χ3v) is 1.03. The van der Waals surface area contributed by atoms with Gasteiger partial charge in [0.25, 0.3) is 0 Å². The highest BCUT2D eigenvalue weighted by Gasteiger charge is 2.10. The van der Waals surface area contributed by atoms with Crippen molar-refractivity contribution in [1.29, 1.82) is 5.26 Å². The molecule has 6 heteroatoms. The zero-order valence-electron chi connectivity index (χ0n) is 4.85. The van der Waals surface area contributed by atoms with Gasteiger partial charge in [0.2, 0.25) is 6.19 Å². The number of hydrogen-bond acceptors (Lipinski definition) is 5. The van der Waals surface area contributed by atoms with E-state index in [1.54, 1.807) is 6.92 Å². The molecule has 0 aliphatic rings. The Bertz CT molecular complexity index is 112. The lowest BCUT2D eigenvalue weighted by Gasteiger charge is -2.12. The molecule has 52 valence electrons. The summed E-state index contributed by atoms with van der Waals surface area (Å²) in [4.78, 5) is 21.6. The first-order valence-corrected chi connectivity index (χ1v) is 3.43. The van der Waals surface area contributed by atoms with Crippen LogP contribution in [0.25, 0.3) is 0 Å². The lowest BCUT2D eigenvalue weighted by atomic mass is 10.9. The maximum Gasteiger partial charge on any atom is 0.320 e. The van der Waals surface area contributed by atoms with Gasteiger partial charge in [-0.3, -0.25) is 4.84 Å². The number of hydroxylamine groups is 1. The average Bonchev–Trinajstić information content (AvgIpc) is 1.82. The van der Waals surface area contributed by atoms with E-state index in [1.165, 1.54) is 6.19 Å². The molecule has 0 amide bonds. The van der Waals surface area contributed by atoms with Crippen molar-refractivity contribution in [3.8, 4) is 6.19 Å². The zero-order chi connectivity index (χ0) is 7.28. The van der Waals surface area contributed by atoms with Gasteiger partial charge in [-0.15, -0.1) is 4.83 Å². The maximum atomic E-state index is 8.34. The highest BCUT2D eigenvalue weighted by molar-refractivity contribution is 7.42. The lowest BCUT2D eigenvalue weighted by Crippen LogP contribution is -2.11. The molecule has 0 fully saturated rings. The molecule has 5 nitrogen and oxygen atoms in total. The Morgan fingerprint density at radius 2 is 2.33 bits per heavy atom. The van der Waals surface area contributed by atoms with Crippen molar-refractivity contribution in [3.63, 3.8) is 0 Å². The Labute approximate surface area is 54.0 Å². The minimum Gasteiger partial charge on any atom is -0.331 e. The highest BCUT2D eigenvalue weighted by Crippen LogP contribution is 2.28. The molecule has 0 aromatic carbocycles. The number of nitrogens with zero attached hydrogens (tertiary/aromatic N) is 2. The zero-order valence-corrected chi connectivity index (χ0v) is 5.75. The molecule has 0 aliphatic heterocycles. The molecule has 2 N–H and O–H groups in total. The molecule has 0 unspecified atom stereocenters. The van der Waals surface area contributed by atoms with Gasteiger partial charge in [0.05, 0.1) is 6.61 Å². The fraction of sp³-hybridized carbons (Fsp3) is 0.667. The van der Waals surface area contributed by atoms with E-state index in [2.05, 4.69) is 4.84 Å². The molecule has 0 spiro atoms. The smallest absolute Gasteiger partial charge is 0.320 e. The summed E-state index contributed by atoms with van der Waals surface area (Å²) in [5.74, 6) is 0. The van der Waals surface area contributed by atoms with Crippen molar-refractivity contribution in [3.05, 3.63) is 0 Å². The molecule has 0 saturated heterocycles. The SMILES string of the molecule is CCON(C#N)P(O)O. The van der Waals surface area contributed by atoms with Crippen LogP contribution >= 0.6 is 8.53 Å². The molecule has 0 radical (unpaired) electrons. The lowest BCUT2D eigenvalue weighted by molar-refractivity contribution is -0.0437. The quantitative estimate of drug-likeness (QED) is 0.255. The first-order chi connectivity index (χ1) is 4.22. The van der Waals surface area contributed by atoms with E-state index in [9.17, 15) is 0 Å². The van der Waals surface area contributed by atoms with Crippen LogP contribution in [0, 0.1) is 11.5 Å². The molecule has 9 heavy (non-hydrogen) atoms. The predicted octanol–water partition coefficient (Wildman–Crippen LogP) is -0.0675. The number of nitriles is 1. The van der Waals surface area contributed by atoms with Gasteiger partial charge in [-0.2, -0.15) is 5.26 Å². The van der Waals surface area contributed by atoms with Crippen molar-refractivity contribution in [2.45, 2.75) is 6.92 Å². The summed E-state index contributed by atoms with van der Waals surface area (Å²) in [7, 11) is -2.42. The normalized spacial score (nSPS) is 9.22. The van der Waals surface area contributed by atoms with Gasteiger partial charge in [0.15, 0.2) is 0 Å². The third kappa shape index (κ3) is 3.22. The summed E-state index contributed by atoms with van der Waals surface area (Å²) in [6.07, 6.45) is 1.44. The number of hydrogen-bond donors (Lipinski definition) is 2. The molecule has 0 aromatic rings. The second kappa shape index (κ2) is 4.48. The molecular weight excluding hydrogens is 143 g/mol. The van der Waals surface area contributed by atoms with Crippen molar-refractivity contribution in [2.75, 3.05) is 6.61 Å². The molecule has 0 rings (SSSR count). The Balaban J connectivity index is 3.58. The van der Waals surface area contributed by atoms with Crippen LogP contribution < -0.4 is 0 Å². The van der Waals surface area contributed by atoms with E-state index < -0.39 is 8.53 Å². The van der Waals surface area contributed by atoms with Crippen LogP contribution in [0.15, 0.2) is 0 Å².